The number of alkyl halides is 3. The smallest absolute Gasteiger partial charge is 0.419 e. The first kappa shape index (κ1) is 21.4. The summed E-state index contributed by atoms with van der Waals surface area (Å²) in [5, 5.41) is 38.9. The largest absolute Gasteiger partial charge is 0.462 e. The molecule has 0 amide bonds. The molecule has 11 heteroatoms. The van der Waals surface area contributed by atoms with Crippen LogP contribution in [0.3, 0.4) is 0 Å². The molecule has 0 unspecified atom stereocenters. The van der Waals surface area contributed by atoms with Gasteiger partial charge in [0.15, 0.2) is 5.82 Å². The molecule has 0 radical (unpaired) electrons. The van der Waals surface area contributed by atoms with Gasteiger partial charge < -0.3 is 29.9 Å². The third kappa shape index (κ3) is 4.49. The van der Waals surface area contributed by atoms with Crippen LogP contribution in [0.4, 0.5) is 13.2 Å². The Labute approximate surface area is 163 Å². The summed E-state index contributed by atoms with van der Waals surface area (Å²) in [6.07, 6.45) is -10.3. The van der Waals surface area contributed by atoms with Crippen molar-refractivity contribution in [2.24, 2.45) is 0 Å². The van der Waals surface area contributed by atoms with Gasteiger partial charge in [0.2, 0.25) is 6.29 Å². The van der Waals surface area contributed by atoms with E-state index in [2.05, 4.69) is 9.97 Å². The van der Waals surface area contributed by atoms with Crippen LogP contribution in [0.15, 0.2) is 30.6 Å². The molecule has 2 heterocycles. The number of halogens is 3. The van der Waals surface area contributed by atoms with Gasteiger partial charge in [0.05, 0.1) is 12.2 Å². The maximum absolute atomic E-state index is 12.6. The molecule has 1 aromatic heterocycles. The van der Waals surface area contributed by atoms with Crippen molar-refractivity contribution >= 4 is 0 Å². The number of aryl methyl sites for hydroxylation is 1. The first-order valence-electron chi connectivity index (χ1n) is 8.59. The Balaban J connectivity index is 1.78. The first-order chi connectivity index (χ1) is 13.6. The Morgan fingerprint density at radius 2 is 1.72 bits per heavy atom. The molecule has 0 saturated carbocycles. The van der Waals surface area contributed by atoms with Crippen molar-refractivity contribution in [3.8, 4) is 17.1 Å². The summed E-state index contributed by atoms with van der Waals surface area (Å²) >= 11 is 0. The molecule has 1 aliphatic rings. The third-order valence-corrected chi connectivity index (χ3v) is 4.50. The molecule has 0 bridgehead atoms. The van der Waals surface area contributed by atoms with Crippen LogP contribution >= 0.6 is 0 Å². The van der Waals surface area contributed by atoms with E-state index in [1.165, 1.54) is 12.1 Å². The van der Waals surface area contributed by atoms with Crippen molar-refractivity contribution in [1.82, 2.24) is 9.97 Å². The minimum atomic E-state index is -4.53. The molecule has 1 fully saturated rings. The van der Waals surface area contributed by atoms with Gasteiger partial charge in [-0.05, 0) is 30.7 Å². The fourth-order valence-electron chi connectivity index (χ4n) is 2.83. The summed E-state index contributed by atoms with van der Waals surface area (Å²) in [7, 11) is 0. The average Bonchev–Trinajstić information content (AvgIpc) is 2.69. The van der Waals surface area contributed by atoms with E-state index in [0.717, 1.165) is 0 Å². The highest BCUT2D eigenvalue weighted by atomic mass is 19.4. The summed E-state index contributed by atoms with van der Waals surface area (Å²) in [5.41, 5.74) is 0.0147. The molecule has 2 aromatic rings. The van der Waals surface area contributed by atoms with E-state index in [9.17, 15) is 33.6 Å². The van der Waals surface area contributed by atoms with Crippen LogP contribution < -0.4 is 4.74 Å². The van der Waals surface area contributed by atoms with Gasteiger partial charge in [0.25, 0.3) is 0 Å². The fourth-order valence-corrected chi connectivity index (χ4v) is 2.83. The fraction of sp³-hybridized carbons (Fsp3) is 0.444. The topological polar surface area (TPSA) is 125 Å². The number of hydrogen-bond donors (Lipinski definition) is 4. The normalized spacial score (nSPS) is 27.7. The molecule has 4 N–H and O–H groups in total. The van der Waals surface area contributed by atoms with E-state index in [1.807, 2.05) is 0 Å². The second kappa shape index (κ2) is 8.20. The highest BCUT2D eigenvalue weighted by molar-refractivity contribution is 5.58. The van der Waals surface area contributed by atoms with Gasteiger partial charge >= 0.3 is 6.18 Å². The lowest BCUT2D eigenvalue weighted by Crippen LogP contribution is -2.60. The lowest BCUT2D eigenvalue weighted by Gasteiger charge is -2.39. The molecule has 5 atom stereocenters. The molecule has 0 aliphatic carbocycles. The molecule has 29 heavy (non-hydrogen) atoms. The number of benzene rings is 1. The number of aliphatic hydroxyl groups is 4. The van der Waals surface area contributed by atoms with Gasteiger partial charge in [0, 0.05) is 18.0 Å². The molecule has 1 aliphatic heterocycles. The zero-order valence-electron chi connectivity index (χ0n) is 15.1. The van der Waals surface area contributed by atoms with E-state index >= 15 is 0 Å². The van der Waals surface area contributed by atoms with Crippen molar-refractivity contribution in [2.45, 2.75) is 43.8 Å². The monoisotopic (exact) mass is 416 g/mol. The molecular formula is C18H19F3N2O6. The van der Waals surface area contributed by atoms with E-state index in [4.69, 9.17) is 9.47 Å². The summed E-state index contributed by atoms with van der Waals surface area (Å²) in [6, 6.07) is 4.56. The number of rotatable bonds is 4. The van der Waals surface area contributed by atoms with Crippen LogP contribution in [0.2, 0.25) is 0 Å². The molecule has 3 rings (SSSR count). The van der Waals surface area contributed by atoms with Crippen LogP contribution in [-0.2, 0) is 10.9 Å². The van der Waals surface area contributed by atoms with Crippen LogP contribution in [-0.4, -0.2) is 67.7 Å². The van der Waals surface area contributed by atoms with Crippen molar-refractivity contribution in [1.29, 1.82) is 0 Å². The van der Waals surface area contributed by atoms with Crippen molar-refractivity contribution in [3.63, 3.8) is 0 Å². The molecule has 1 aromatic carbocycles. The van der Waals surface area contributed by atoms with Gasteiger partial charge in [-0.25, -0.2) is 9.97 Å². The second-order valence-corrected chi connectivity index (χ2v) is 6.59. The van der Waals surface area contributed by atoms with E-state index in [0.29, 0.717) is 23.5 Å². The van der Waals surface area contributed by atoms with Crippen LogP contribution in [0.1, 0.15) is 11.1 Å². The van der Waals surface area contributed by atoms with Crippen LogP contribution in [0.25, 0.3) is 11.4 Å². The summed E-state index contributed by atoms with van der Waals surface area (Å²) < 4.78 is 48.7. The highest BCUT2D eigenvalue weighted by Crippen LogP contribution is 2.31. The quantitative estimate of drug-likeness (QED) is 0.573. The van der Waals surface area contributed by atoms with Gasteiger partial charge in [-0.1, -0.05) is 0 Å². The van der Waals surface area contributed by atoms with Gasteiger partial charge in [-0.2, -0.15) is 13.2 Å². The number of aliphatic hydroxyl groups excluding tert-OH is 4. The number of aromatic nitrogens is 2. The average molecular weight is 416 g/mol. The highest BCUT2D eigenvalue weighted by Gasteiger charge is 2.44. The van der Waals surface area contributed by atoms with Gasteiger partial charge in [-0.15, -0.1) is 0 Å². The summed E-state index contributed by atoms with van der Waals surface area (Å²) in [5.74, 6) is 0.338. The first-order valence-corrected chi connectivity index (χ1v) is 8.59. The second-order valence-electron chi connectivity index (χ2n) is 6.59. The van der Waals surface area contributed by atoms with Crippen molar-refractivity contribution < 1.29 is 43.1 Å². The molecule has 158 valence electrons. The Kier molecular flexibility index (Phi) is 6.05. The standard InChI is InChI=1S/C18H19F3N2O6/c1-8-4-9(16-22-5-10(6-23-16)18(19,20)21)2-3-11(8)28-17-15(27)14(26)13(25)12(7-24)29-17/h2-6,12-15,17,24-27H,7H2,1H3/t12-,13-,14+,15+,17+/m1/s1. The lowest BCUT2D eigenvalue weighted by molar-refractivity contribution is -0.277. The predicted molar refractivity (Wildman–Crippen MR) is 91.6 cm³/mol. The van der Waals surface area contributed by atoms with Gasteiger partial charge in [-0.3, -0.25) is 0 Å². The van der Waals surface area contributed by atoms with E-state index in [-0.39, 0.29) is 11.6 Å². The number of nitrogens with zero attached hydrogens (tertiary/aromatic N) is 2. The predicted octanol–water partition coefficient (Wildman–Crippen LogP) is 0.650. The van der Waals surface area contributed by atoms with Gasteiger partial charge in [0.1, 0.15) is 30.2 Å². The molecule has 1 saturated heterocycles. The lowest BCUT2D eigenvalue weighted by atomic mass is 9.99. The van der Waals surface area contributed by atoms with E-state index < -0.39 is 49.1 Å². The molecule has 8 nitrogen and oxygen atoms in total. The summed E-state index contributed by atoms with van der Waals surface area (Å²) in [4.78, 5) is 7.46. The molecular weight excluding hydrogens is 397 g/mol. The Bertz CT molecular complexity index is 846. The van der Waals surface area contributed by atoms with Crippen molar-refractivity contribution in [3.05, 3.63) is 41.7 Å². The third-order valence-electron chi connectivity index (χ3n) is 4.50. The Hall–Kier alpha value is -2.31. The number of ether oxygens (including phenoxy) is 2. The number of hydrogen-bond acceptors (Lipinski definition) is 8. The zero-order chi connectivity index (χ0) is 21.3. The van der Waals surface area contributed by atoms with Crippen molar-refractivity contribution in [2.75, 3.05) is 6.61 Å². The molecule has 0 spiro atoms. The van der Waals surface area contributed by atoms with E-state index in [1.54, 1.807) is 13.0 Å². The van der Waals surface area contributed by atoms with Crippen LogP contribution in [0, 0.1) is 6.92 Å². The Morgan fingerprint density at radius 1 is 1.07 bits per heavy atom. The Morgan fingerprint density at radius 3 is 2.28 bits per heavy atom. The SMILES string of the molecule is Cc1cc(-c2ncc(C(F)(F)F)cn2)ccc1O[C@H]1O[C@H](CO)[C@@H](O)[C@H](O)[C@@H]1O. The zero-order valence-corrected chi connectivity index (χ0v) is 15.1. The maximum Gasteiger partial charge on any atom is 0.419 e. The maximum atomic E-state index is 12.6. The minimum Gasteiger partial charge on any atom is -0.462 e. The van der Waals surface area contributed by atoms with Crippen LogP contribution in [0.5, 0.6) is 5.75 Å². The summed E-state index contributed by atoms with van der Waals surface area (Å²) in [6.45, 7) is 1.06. The minimum absolute atomic E-state index is 0.0838.